The Labute approximate surface area is 190 Å². The van der Waals surface area contributed by atoms with Gasteiger partial charge in [-0.05, 0) is 29.7 Å². The maximum absolute atomic E-state index is 11.9. The molecule has 32 heavy (non-hydrogen) atoms. The fraction of sp³-hybridized carbons (Fsp3) is 0.296. The highest BCUT2D eigenvalue weighted by molar-refractivity contribution is 5.98. The number of nitrogens with two attached hydrogens (primary N) is 1. The predicted octanol–water partition coefficient (Wildman–Crippen LogP) is 4.04. The average molecular weight is 429 g/mol. The van der Waals surface area contributed by atoms with Crippen molar-refractivity contribution < 1.29 is 4.79 Å². The lowest BCUT2D eigenvalue weighted by Gasteiger charge is -2.42. The molecule has 1 heterocycles. The second-order valence-electron chi connectivity index (χ2n) is 8.33. The Morgan fingerprint density at radius 2 is 1.59 bits per heavy atom. The van der Waals surface area contributed by atoms with Crippen LogP contribution in [0.3, 0.4) is 0 Å². The van der Waals surface area contributed by atoms with E-state index in [0.29, 0.717) is 5.56 Å². The normalized spacial score (nSPS) is 17.8. The molecule has 2 atom stereocenters. The monoisotopic (exact) mass is 428 g/mol. The molecule has 0 aromatic heterocycles. The van der Waals surface area contributed by atoms with Crippen molar-refractivity contribution in [3.05, 3.63) is 102 Å². The summed E-state index contributed by atoms with van der Waals surface area (Å²) in [6.07, 6.45) is 1.04. The Kier molecular flexibility index (Phi) is 7.20. The number of hydrogen-bond acceptors (Lipinski definition) is 4. The SMILES string of the molecule is CCC(Nc1ccccc1C(N)=O)N1CCNC(C(c2ccccc2)c2ccccc2)C1. The van der Waals surface area contributed by atoms with Gasteiger partial charge < -0.3 is 16.4 Å². The predicted molar refractivity (Wildman–Crippen MR) is 131 cm³/mol. The maximum Gasteiger partial charge on any atom is 0.250 e. The van der Waals surface area contributed by atoms with Crippen molar-refractivity contribution in [2.75, 3.05) is 25.0 Å². The number of hydrogen-bond donors (Lipinski definition) is 3. The van der Waals surface area contributed by atoms with E-state index in [4.69, 9.17) is 5.73 Å². The Bertz CT molecular complexity index is 969. The van der Waals surface area contributed by atoms with Crippen LogP contribution in [0.5, 0.6) is 0 Å². The zero-order valence-corrected chi connectivity index (χ0v) is 18.6. The first-order chi connectivity index (χ1) is 15.7. The minimum atomic E-state index is -0.408. The van der Waals surface area contributed by atoms with Crippen molar-refractivity contribution in [2.45, 2.75) is 31.5 Å². The number of primary amides is 1. The molecule has 5 nitrogen and oxygen atoms in total. The number of piperazine rings is 1. The number of benzene rings is 3. The molecule has 1 aliphatic rings. The largest absolute Gasteiger partial charge is 0.369 e. The van der Waals surface area contributed by atoms with Crippen LogP contribution >= 0.6 is 0 Å². The maximum atomic E-state index is 11.9. The van der Waals surface area contributed by atoms with Gasteiger partial charge in [0.2, 0.25) is 0 Å². The Morgan fingerprint density at radius 3 is 2.19 bits per heavy atom. The first-order valence-electron chi connectivity index (χ1n) is 11.4. The summed E-state index contributed by atoms with van der Waals surface area (Å²) >= 11 is 0. The van der Waals surface area contributed by atoms with Crippen molar-refractivity contribution in [3.63, 3.8) is 0 Å². The van der Waals surface area contributed by atoms with E-state index in [1.807, 2.05) is 18.2 Å². The summed E-state index contributed by atoms with van der Waals surface area (Å²) in [6.45, 7) is 4.93. The van der Waals surface area contributed by atoms with Crippen LogP contribution in [0.15, 0.2) is 84.9 Å². The molecule has 4 N–H and O–H groups in total. The van der Waals surface area contributed by atoms with Gasteiger partial charge in [0.1, 0.15) is 0 Å². The van der Waals surface area contributed by atoms with Crippen LogP contribution in [0.25, 0.3) is 0 Å². The molecule has 0 saturated carbocycles. The van der Waals surface area contributed by atoms with E-state index in [9.17, 15) is 4.79 Å². The molecule has 0 bridgehead atoms. The summed E-state index contributed by atoms with van der Waals surface area (Å²) in [4.78, 5) is 14.4. The molecule has 1 fully saturated rings. The molecule has 0 radical (unpaired) electrons. The second-order valence-corrected chi connectivity index (χ2v) is 8.33. The van der Waals surface area contributed by atoms with Crippen LogP contribution in [0, 0.1) is 0 Å². The molecule has 0 spiro atoms. The lowest BCUT2D eigenvalue weighted by molar-refractivity contribution is 0.100. The molecule has 1 saturated heterocycles. The van der Waals surface area contributed by atoms with Gasteiger partial charge in [0, 0.05) is 37.3 Å². The minimum Gasteiger partial charge on any atom is -0.369 e. The lowest BCUT2D eigenvalue weighted by Crippen LogP contribution is -2.57. The molecular weight excluding hydrogens is 396 g/mol. The Hall–Kier alpha value is -3.15. The van der Waals surface area contributed by atoms with Crippen molar-refractivity contribution >= 4 is 11.6 Å². The summed E-state index contributed by atoms with van der Waals surface area (Å²) in [7, 11) is 0. The third-order valence-electron chi connectivity index (χ3n) is 6.30. The van der Waals surface area contributed by atoms with Crippen LogP contribution in [0.1, 0.15) is 40.7 Å². The van der Waals surface area contributed by atoms with Crippen molar-refractivity contribution in [1.29, 1.82) is 0 Å². The number of para-hydroxylation sites is 1. The second kappa shape index (κ2) is 10.4. The highest BCUT2D eigenvalue weighted by Gasteiger charge is 2.32. The fourth-order valence-electron chi connectivity index (χ4n) is 4.74. The van der Waals surface area contributed by atoms with E-state index >= 15 is 0 Å². The zero-order chi connectivity index (χ0) is 22.3. The number of carbonyl (C=O) groups is 1. The van der Waals surface area contributed by atoms with Crippen LogP contribution in [-0.2, 0) is 0 Å². The smallest absolute Gasteiger partial charge is 0.250 e. The first-order valence-corrected chi connectivity index (χ1v) is 11.4. The van der Waals surface area contributed by atoms with Gasteiger partial charge in [0.25, 0.3) is 5.91 Å². The van der Waals surface area contributed by atoms with Gasteiger partial charge in [-0.1, -0.05) is 79.7 Å². The molecule has 3 aromatic rings. The van der Waals surface area contributed by atoms with Crippen molar-refractivity contribution in [2.24, 2.45) is 5.73 Å². The van der Waals surface area contributed by atoms with E-state index in [-0.39, 0.29) is 18.1 Å². The number of nitrogens with zero attached hydrogens (tertiary/aromatic N) is 1. The topological polar surface area (TPSA) is 70.4 Å². The van der Waals surface area contributed by atoms with Crippen LogP contribution in [0.2, 0.25) is 0 Å². The van der Waals surface area contributed by atoms with Gasteiger partial charge in [-0.15, -0.1) is 0 Å². The fourth-order valence-corrected chi connectivity index (χ4v) is 4.74. The minimum absolute atomic E-state index is 0.118. The van der Waals surface area contributed by atoms with E-state index < -0.39 is 5.91 Å². The summed E-state index contributed by atoms with van der Waals surface area (Å²) in [5.74, 6) is -0.148. The third kappa shape index (κ3) is 5.01. The molecule has 0 aliphatic carbocycles. The van der Waals surface area contributed by atoms with Crippen molar-refractivity contribution in [3.8, 4) is 0 Å². The van der Waals surface area contributed by atoms with E-state index in [1.165, 1.54) is 11.1 Å². The summed E-state index contributed by atoms with van der Waals surface area (Å²) in [5.41, 5.74) is 9.56. The average Bonchev–Trinajstić information content (AvgIpc) is 2.84. The third-order valence-corrected chi connectivity index (χ3v) is 6.30. The number of carbonyl (C=O) groups excluding carboxylic acids is 1. The standard InChI is InChI=1S/C27H32N4O/c1-2-25(30-23-16-10-9-15-22(23)27(28)32)31-18-17-29-24(19-31)26(20-11-5-3-6-12-20)21-13-7-4-8-14-21/h3-16,24-26,29-30H,2,17-19H2,1H3,(H2,28,32). The van der Waals surface area contributed by atoms with Crippen LogP contribution in [0.4, 0.5) is 5.69 Å². The molecule has 4 rings (SSSR count). The molecule has 3 aromatic carbocycles. The molecule has 2 unspecified atom stereocenters. The highest BCUT2D eigenvalue weighted by atomic mass is 16.1. The quantitative estimate of drug-likeness (QED) is 0.506. The number of amides is 1. The Balaban J connectivity index is 1.58. The van der Waals surface area contributed by atoms with Crippen molar-refractivity contribution in [1.82, 2.24) is 10.2 Å². The molecule has 166 valence electrons. The van der Waals surface area contributed by atoms with Crippen LogP contribution in [-0.4, -0.2) is 42.6 Å². The summed E-state index contributed by atoms with van der Waals surface area (Å²) in [5, 5.41) is 7.36. The number of nitrogens with one attached hydrogen (secondary N) is 2. The van der Waals surface area contributed by atoms with E-state index in [1.54, 1.807) is 6.07 Å². The molecule has 1 amide bonds. The van der Waals surface area contributed by atoms with Gasteiger partial charge in [-0.3, -0.25) is 9.69 Å². The van der Waals surface area contributed by atoms with Gasteiger partial charge in [0.15, 0.2) is 0 Å². The molecule has 1 aliphatic heterocycles. The van der Waals surface area contributed by atoms with Gasteiger partial charge in [-0.2, -0.15) is 0 Å². The van der Waals surface area contributed by atoms with Crippen LogP contribution < -0.4 is 16.4 Å². The van der Waals surface area contributed by atoms with E-state index in [2.05, 4.69) is 83.1 Å². The van der Waals surface area contributed by atoms with Gasteiger partial charge >= 0.3 is 0 Å². The summed E-state index contributed by atoms with van der Waals surface area (Å²) < 4.78 is 0. The number of rotatable bonds is 8. The lowest BCUT2D eigenvalue weighted by atomic mass is 9.84. The van der Waals surface area contributed by atoms with E-state index in [0.717, 1.165) is 31.7 Å². The molecular formula is C27H32N4O. The molecule has 5 heteroatoms. The first kappa shape index (κ1) is 22.1. The van der Waals surface area contributed by atoms with Gasteiger partial charge in [-0.25, -0.2) is 0 Å². The van der Waals surface area contributed by atoms with Gasteiger partial charge in [0.05, 0.1) is 11.7 Å². The highest BCUT2D eigenvalue weighted by Crippen LogP contribution is 2.30. The summed E-state index contributed by atoms with van der Waals surface area (Å²) in [6, 6.07) is 29.2. The zero-order valence-electron chi connectivity index (χ0n) is 18.6. The number of anilines is 1. The Morgan fingerprint density at radius 1 is 1.00 bits per heavy atom.